The largest absolute Gasteiger partial charge is 0.459 e. The van der Waals surface area contributed by atoms with Crippen LogP contribution in [0.4, 0.5) is 0 Å². The highest BCUT2D eigenvalue weighted by Gasteiger charge is 2.61. The molecule has 14 heteroatoms. The molecule has 13 nitrogen and oxygen atoms in total. The van der Waals surface area contributed by atoms with E-state index in [9.17, 15) is 22.8 Å². The second kappa shape index (κ2) is 13.1. The van der Waals surface area contributed by atoms with Crippen molar-refractivity contribution in [2.75, 3.05) is 20.6 Å². The maximum Gasteiger partial charge on any atom is 0.303 e. The van der Waals surface area contributed by atoms with Crippen molar-refractivity contribution in [2.24, 2.45) is 11.7 Å². The second-order valence-corrected chi connectivity index (χ2v) is 14.5. The number of aromatic nitrogens is 2. The van der Waals surface area contributed by atoms with Gasteiger partial charge in [-0.2, -0.15) is 17.7 Å². The third kappa shape index (κ3) is 6.73. The Morgan fingerprint density at radius 3 is 2.73 bits per heavy atom. The first kappa shape index (κ1) is 32.9. The quantitative estimate of drug-likeness (QED) is 0.385. The number of carbonyl (C=O) groups excluding carboxylic acids is 3. The van der Waals surface area contributed by atoms with Gasteiger partial charge in [0.2, 0.25) is 11.8 Å². The Morgan fingerprint density at radius 1 is 1.24 bits per heavy atom. The van der Waals surface area contributed by atoms with Gasteiger partial charge >= 0.3 is 10.2 Å². The maximum absolute atomic E-state index is 14.0. The number of nitrogens with one attached hydrogen (secondary N) is 2. The lowest BCUT2D eigenvalue weighted by molar-refractivity contribution is -0.140. The van der Waals surface area contributed by atoms with Crippen LogP contribution in [0, 0.1) is 5.92 Å². The summed E-state index contributed by atoms with van der Waals surface area (Å²) < 4.78 is 36.6. The van der Waals surface area contributed by atoms with Gasteiger partial charge in [0, 0.05) is 32.5 Å². The Morgan fingerprint density at radius 2 is 2.00 bits per heavy atom. The molecular weight excluding hydrogens is 598 g/mol. The Labute approximate surface area is 264 Å². The zero-order valence-corrected chi connectivity index (χ0v) is 27.3. The van der Waals surface area contributed by atoms with Crippen LogP contribution in [0.25, 0.3) is 11.0 Å². The number of para-hydroxylation sites is 2. The van der Waals surface area contributed by atoms with Crippen molar-refractivity contribution in [2.45, 2.75) is 95.0 Å². The van der Waals surface area contributed by atoms with Gasteiger partial charge in [0.25, 0.3) is 11.9 Å². The number of amides is 3. The molecule has 3 aliphatic rings. The topological polar surface area (TPSA) is 169 Å². The zero-order valence-electron chi connectivity index (χ0n) is 26.4. The molecule has 2 aliphatic heterocycles. The van der Waals surface area contributed by atoms with Crippen LogP contribution >= 0.6 is 0 Å². The summed E-state index contributed by atoms with van der Waals surface area (Å²) in [5.74, 6) is -2.11. The van der Waals surface area contributed by atoms with Gasteiger partial charge in [0.1, 0.15) is 17.7 Å². The van der Waals surface area contributed by atoms with Crippen molar-refractivity contribution in [1.29, 1.82) is 0 Å². The van der Waals surface area contributed by atoms with Gasteiger partial charge < -0.3 is 20.7 Å². The number of fused-ring (bicyclic) bond motifs is 3. The fourth-order valence-corrected chi connectivity index (χ4v) is 6.82. The molecule has 1 saturated heterocycles. The highest BCUT2D eigenvalue weighted by Crippen LogP contribution is 2.46. The number of benzene rings is 1. The van der Waals surface area contributed by atoms with Gasteiger partial charge in [-0.1, -0.05) is 44.1 Å². The Kier molecular flexibility index (Phi) is 9.57. The number of hydrogen-bond acceptors (Lipinski definition) is 8. The summed E-state index contributed by atoms with van der Waals surface area (Å²) in [6, 6.07) is 6.49. The van der Waals surface area contributed by atoms with Crippen molar-refractivity contribution >= 4 is 39.0 Å². The summed E-state index contributed by atoms with van der Waals surface area (Å²) in [6.07, 6.45) is 8.27. The highest BCUT2D eigenvalue weighted by molar-refractivity contribution is 7.87. The van der Waals surface area contributed by atoms with Crippen LogP contribution in [0.1, 0.15) is 71.3 Å². The predicted octanol–water partition coefficient (Wildman–Crippen LogP) is 2.00. The molecule has 3 amide bonds. The Bertz CT molecular complexity index is 1570. The molecule has 3 heterocycles. The van der Waals surface area contributed by atoms with Crippen molar-refractivity contribution in [3.8, 4) is 6.01 Å². The molecule has 1 aromatic carbocycles. The minimum absolute atomic E-state index is 0.0919. The number of nitrogens with two attached hydrogens (primary N) is 1. The first-order valence-electron chi connectivity index (χ1n) is 15.8. The molecule has 6 atom stereocenters. The number of carbonyl (C=O) groups is 3. The summed E-state index contributed by atoms with van der Waals surface area (Å²) in [5, 5.41) is 2.85. The van der Waals surface area contributed by atoms with Crippen molar-refractivity contribution in [3.05, 3.63) is 36.4 Å². The van der Waals surface area contributed by atoms with Crippen molar-refractivity contribution in [3.63, 3.8) is 0 Å². The summed E-state index contributed by atoms with van der Waals surface area (Å²) in [7, 11) is -1.47. The lowest BCUT2D eigenvalue weighted by atomic mass is 10.1. The van der Waals surface area contributed by atoms with Crippen LogP contribution in [0.5, 0.6) is 6.01 Å². The molecule has 0 radical (unpaired) electrons. The first-order valence-corrected chi connectivity index (χ1v) is 17.2. The minimum Gasteiger partial charge on any atom is -0.459 e. The molecule has 2 fully saturated rings. The van der Waals surface area contributed by atoms with Gasteiger partial charge in [0.15, 0.2) is 0 Å². The van der Waals surface area contributed by atoms with Crippen LogP contribution in [0.3, 0.4) is 0 Å². The molecule has 1 aliphatic carbocycles. The summed E-state index contributed by atoms with van der Waals surface area (Å²) >= 11 is 0. The van der Waals surface area contributed by atoms with Gasteiger partial charge in [-0.15, -0.1) is 0 Å². The third-order valence-corrected chi connectivity index (χ3v) is 10.7. The predicted molar refractivity (Wildman–Crippen MR) is 169 cm³/mol. The summed E-state index contributed by atoms with van der Waals surface area (Å²) in [5.41, 5.74) is 6.62. The van der Waals surface area contributed by atoms with E-state index in [4.69, 9.17) is 15.5 Å². The number of hydrogen-bond donors (Lipinski definition) is 3. The van der Waals surface area contributed by atoms with E-state index in [1.54, 1.807) is 0 Å². The number of imidazole rings is 1. The van der Waals surface area contributed by atoms with Crippen LogP contribution in [-0.2, 0) is 24.6 Å². The van der Waals surface area contributed by atoms with E-state index in [1.807, 2.05) is 41.0 Å². The van der Waals surface area contributed by atoms with E-state index in [2.05, 4.69) is 23.9 Å². The average Bonchev–Trinajstić information content (AvgIpc) is 3.34. The van der Waals surface area contributed by atoms with Crippen LogP contribution in [0.2, 0.25) is 0 Å². The first-order chi connectivity index (χ1) is 21.4. The molecule has 1 aromatic heterocycles. The van der Waals surface area contributed by atoms with Gasteiger partial charge in [-0.05, 0) is 51.2 Å². The number of nitrogens with zero attached hydrogens (tertiary/aromatic N) is 4. The normalized spacial score (nSPS) is 29.2. The molecule has 1 saturated carbocycles. The summed E-state index contributed by atoms with van der Waals surface area (Å²) in [4.78, 5) is 47.3. The van der Waals surface area contributed by atoms with Crippen LogP contribution in [-0.4, -0.2) is 89.3 Å². The second-order valence-electron chi connectivity index (χ2n) is 12.7. The van der Waals surface area contributed by atoms with Gasteiger partial charge in [0.05, 0.1) is 23.6 Å². The Hall–Kier alpha value is -3.49. The van der Waals surface area contributed by atoms with Crippen LogP contribution < -0.4 is 20.5 Å². The number of rotatable bonds is 7. The number of ether oxygens (including phenoxy) is 1. The molecule has 2 aromatic rings. The average molecular weight is 644 g/mol. The van der Waals surface area contributed by atoms with Gasteiger partial charge in [-0.25, -0.2) is 4.72 Å². The lowest BCUT2D eigenvalue weighted by Crippen LogP contribution is -2.58. The van der Waals surface area contributed by atoms with E-state index in [1.165, 1.54) is 19.0 Å². The zero-order chi connectivity index (χ0) is 32.5. The van der Waals surface area contributed by atoms with Crippen molar-refractivity contribution < 1.29 is 27.5 Å². The fraction of sp³-hybridized carbons (Fsp3) is 0.613. The monoisotopic (exact) mass is 643 g/mol. The standard InChI is InChI=1S/C31H45N7O6S/c1-5-20(2)38-25-16-12-11-15-24(25)33-30(38)44-22-17-26-27(39)34-31(29(41)35-45(42,43)36(3)4)18-21(31)13-9-7-6-8-10-14-23(32)28(40)37(26)19-22/h9,11-13,15-16,20-23,26H,5-8,10,14,17-19,32H2,1-4H3,(H,34,39)(H,35,41)/b13-9-/t20?,21-,22-,23+,26+,31-/m1/s1. The third-order valence-electron chi connectivity index (χ3n) is 9.26. The van der Waals surface area contributed by atoms with Gasteiger partial charge in [-0.3, -0.25) is 19.0 Å². The van der Waals surface area contributed by atoms with E-state index >= 15 is 0 Å². The molecule has 5 rings (SSSR count). The molecule has 1 unspecified atom stereocenters. The molecule has 0 bridgehead atoms. The van der Waals surface area contributed by atoms with Crippen LogP contribution in [0.15, 0.2) is 36.4 Å². The lowest BCUT2D eigenvalue weighted by Gasteiger charge is -2.28. The highest BCUT2D eigenvalue weighted by atomic mass is 32.2. The molecule has 4 N–H and O–H groups in total. The Balaban J connectivity index is 1.44. The minimum atomic E-state index is -4.10. The molecule has 45 heavy (non-hydrogen) atoms. The van der Waals surface area contributed by atoms with E-state index in [-0.39, 0.29) is 37.3 Å². The maximum atomic E-state index is 14.0. The number of allylic oxidation sites excluding steroid dienone is 1. The van der Waals surface area contributed by atoms with Crippen molar-refractivity contribution in [1.82, 2.24) is 28.8 Å². The molecule has 0 spiro atoms. The fourth-order valence-electron chi connectivity index (χ4n) is 6.22. The van der Waals surface area contributed by atoms with E-state index < -0.39 is 45.8 Å². The van der Waals surface area contributed by atoms with E-state index in [0.717, 1.165) is 47.4 Å². The summed E-state index contributed by atoms with van der Waals surface area (Å²) in [6.45, 7) is 4.28. The molecular formula is C31H45N7O6S. The SMILES string of the molecule is CCC(C)n1c(O[C@@H]2C[C@H]3C(=O)N[C@]4(C(=O)NS(=O)(=O)N(C)C)C[C@H]4/C=C\CCCCC[C@H](N)C(=O)N3C2)nc2ccccc21. The molecule has 246 valence electrons. The smallest absolute Gasteiger partial charge is 0.303 e. The van der Waals surface area contributed by atoms with E-state index in [0.29, 0.717) is 12.4 Å².